The van der Waals surface area contributed by atoms with Crippen LogP contribution in [0.5, 0.6) is 0 Å². The molecule has 2 aromatic carbocycles. The molecule has 2 amide bonds. The summed E-state index contributed by atoms with van der Waals surface area (Å²) >= 11 is 5.97. The van der Waals surface area contributed by atoms with Crippen LogP contribution in [0.4, 0.5) is 5.69 Å². The van der Waals surface area contributed by atoms with E-state index in [1.165, 1.54) is 23.8 Å². The fraction of sp³-hybridized carbons (Fsp3) is 0.391. The van der Waals surface area contributed by atoms with Crippen molar-refractivity contribution in [1.82, 2.24) is 10.2 Å². The van der Waals surface area contributed by atoms with E-state index >= 15 is 0 Å². The lowest BCUT2D eigenvalue weighted by molar-refractivity contribution is -0.385. The van der Waals surface area contributed by atoms with Crippen LogP contribution in [-0.4, -0.2) is 40.8 Å². The van der Waals surface area contributed by atoms with E-state index in [-0.39, 0.29) is 23.1 Å². The zero-order chi connectivity index (χ0) is 22.5. The minimum absolute atomic E-state index is 0.0487. The fourth-order valence-corrected chi connectivity index (χ4v) is 4.05. The summed E-state index contributed by atoms with van der Waals surface area (Å²) in [5, 5.41) is 14.7. The minimum Gasteiger partial charge on any atom is -0.341 e. The molecule has 0 spiro atoms. The second-order valence-corrected chi connectivity index (χ2v) is 8.56. The van der Waals surface area contributed by atoms with Crippen LogP contribution in [0.3, 0.4) is 0 Å². The maximum atomic E-state index is 13.2. The highest BCUT2D eigenvalue weighted by Gasteiger charge is 2.33. The van der Waals surface area contributed by atoms with E-state index in [1.807, 2.05) is 38.1 Å². The molecule has 164 valence electrons. The Labute approximate surface area is 186 Å². The third kappa shape index (κ3) is 5.41. The molecule has 0 radical (unpaired) electrons. The number of halogens is 1. The molecule has 1 fully saturated rings. The number of para-hydroxylation sites is 1. The molecule has 1 aliphatic heterocycles. The maximum Gasteiger partial charge on any atom is 0.282 e. The molecule has 0 aliphatic carbocycles. The number of nitro benzene ring substituents is 1. The van der Waals surface area contributed by atoms with Gasteiger partial charge in [0.15, 0.2) is 0 Å². The first kappa shape index (κ1) is 22.7. The Morgan fingerprint density at radius 3 is 2.29 bits per heavy atom. The van der Waals surface area contributed by atoms with Crippen LogP contribution in [0.2, 0.25) is 5.02 Å². The van der Waals surface area contributed by atoms with Crippen molar-refractivity contribution in [3.63, 3.8) is 0 Å². The van der Waals surface area contributed by atoms with E-state index in [1.54, 1.807) is 11.0 Å². The van der Waals surface area contributed by atoms with Crippen molar-refractivity contribution in [2.45, 2.75) is 38.6 Å². The van der Waals surface area contributed by atoms with Crippen molar-refractivity contribution in [2.75, 3.05) is 13.1 Å². The summed E-state index contributed by atoms with van der Waals surface area (Å²) in [4.78, 5) is 38.3. The summed E-state index contributed by atoms with van der Waals surface area (Å²) in [7, 11) is 0. The number of piperidine rings is 1. The summed E-state index contributed by atoms with van der Waals surface area (Å²) in [6.07, 6.45) is 1.66. The second-order valence-electron chi connectivity index (χ2n) is 8.12. The lowest BCUT2D eigenvalue weighted by Gasteiger charge is -2.35. The normalized spacial score (nSPS) is 15.5. The smallest absolute Gasteiger partial charge is 0.282 e. The molecule has 2 aromatic rings. The van der Waals surface area contributed by atoms with E-state index < -0.39 is 16.9 Å². The summed E-state index contributed by atoms with van der Waals surface area (Å²) in [5.74, 6) is -0.569. The molecule has 0 saturated carbocycles. The Kier molecular flexibility index (Phi) is 7.28. The standard InChI is InChI=1S/C23H26ClN3O4/c1-15(2)21(25-22(28)19-5-3-4-6-20(19)27(30)31)23(29)26-13-11-17(12-14-26)16-7-9-18(24)10-8-16/h3-10,15,17,21H,11-14H2,1-2H3,(H,25,28)/t21-/m1/s1. The van der Waals surface area contributed by atoms with Gasteiger partial charge >= 0.3 is 0 Å². The first-order chi connectivity index (χ1) is 14.8. The van der Waals surface area contributed by atoms with Crippen LogP contribution in [0.15, 0.2) is 48.5 Å². The number of nitro groups is 1. The Bertz CT molecular complexity index is 954. The molecule has 1 N–H and O–H groups in total. The molecular weight excluding hydrogens is 418 g/mol. The van der Waals surface area contributed by atoms with Gasteiger partial charge in [0.05, 0.1) is 4.92 Å². The fourth-order valence-electron chi connectivity index (χ4n) is 3.92. The van der Waals surface area contributed by atoms with Gasteiger partial charge in [-0.05, 0) is 48.4 Å². The number of hydrogen-bond acceptors (Lipinski definition) is 4. The number of amides is 2. The van der Waals surface area contributed by atoms with Crippen LogP contribution in [0, 0.1) is 16.0 Å². The number of nitrogens with one attached hydrogen (secondary N) is 1. The number of rotatable bonds is 6. The van der Waals surface area contributed by atoms with Gasteiger partial charge in [-0.2, -0.15) is 0 Å². The van der Waals surface area contributed by atoms with Crippen molar-refractivity contribution in [3.8, 4) is 0 Å². The molecule has 1 saturated heterocycles. The summed E-state index contributed by atoms with van der Waals surface area (Å²) in [6, 6.07) is 12.8. The van der Waals surface area contributed by atoms with Crippen LogP contribution in [0.1, 0.15) is 48.5 Å². The average molecular weight is 444 g/mol. The van der Waals surface area contributed by atoms with Gasteiger partial charge in [0.25, 0.3) is 11.6 Å². The van der Waals surface area contributed by atoms with Crippen LogP contribution < -0.4 is 5.32 Å². The minimum atomic E-state index is -0.751. The van der Waals surface area contributed by atoms with Crippen LogP contribution in [-0.2, 0) is 4.79 Å². The molecule has 1 aliphatic rings. The van der Waals surface area contributed by atoms with Crippen molar-refractivity contribution in [1.29, 1.82) is 0 Å². The van der Waals surface area contributed by atoms with Crippen LogP contribution >= 0.6 is 11.6 Å². The number of hydrogen-bond donors (Lipinski definition) is 1. The van der Waals surface area contributed by atoms with Gasteiger partial charge in [-0.1, -0.05) is 49.7 Å². The molecular formula is C23H26ClN3O4. The molecule has 1 heterocycles. The monoisotopic (exact) mass is 443 g/mol. The van der Waals surface area contributed by atoms with Gasteiger partial charge in [-0.15, -0.1) is 0 Å². The third-order valence-corrected chi connectivity index (χ3v) is 5.96. The predicted molar refractivity (Wildman–Crippen MR) is 119 cm³/mol. The van der Waals surface area contributed by atoms with Gasteiger partial charge in [-0.25, -0.2) is 0 Å². The Balaban J connectivity index is 1.67. The van der Waals surface area contributed by atoms with E-state index in [0.717, 1.165) is 12.8 Å². The zero-order valence-corrected chi connectivity index (χ0v) is 18.3. The molecule has 0 bridgehead atoms. The van der Waals surface area contributed by atoms with Crippen LogP contribution in [0.25, 0.3) is 0 Å². The summed E-state index contributed by atoms with van der Waals surface area (Å²) in [5.41, 5.74) is 0.882. The molecule has 8 heteroatoms. The molecule has 3 rings (SSSR count). The SMILES string of the molecule is CC(C)[C@@H](NC(=O)c1ccccc1[N+](=O)[O-])C(=O)N1CCC(c2ccc(Cl)cc2)CC1. The number of likely N-dealkylation sites (tertiary alicyclic amines) is 1. The highest BCUT2D eigenvalue weighted by atomic mass is 35.5. The molecule has 0 unspecified atom stereocenters. The van der Waals surface area contributed by atoms with E-state index in [4.69, 9.17) is 11.6 Å². The summed E-state index contributed by atoms with van der Waals surface area (Å²) < 4.78 is 0. The van der Waals surface area contributed by atoms with E-state index in [9.17, 15) is 19.7 Å². The first-order valence-corrected chi connectivity index (χ1v) is 10.7. The molecule has 7 nitrogen and oxygen atoms in total. The largest absolute Gasteiger partial charge is 0.341 e. The second kappa shape index (κ2) is 9.92. The zero-order valence-electron chi connectivity index (χ0n) is 17.6. The van der Waals surface area contributed by atoms with Gasteiger partial charge in [-0.3, -0.25) is 19.7 Å². The lowest BCUT2D eigenvalue weighted by atomic mass is 9.89. The first-order valence-electron chi connectivity index (χ1n) is 10.4. The van der Waals surface area contributed by atoms with Crippen molar-refractivity contribution in [2.24, 2.45) is 5.92 Å². The number of carbonyl (C=O) groups excluding carboxylic acids is 2. The molecule has 1 atom stereocenters. The van der Waals surface area contributed by atoms with Crippen molar-refractivity contribution < 1.29 is 14.5 Å². The Hall–Kier alpha value is -2.93. The van der Waals surface area contributed by atoms with Gasteiger partial charge in [0.1, 0.15) is 11.6 Å². The number of benzene rings is 2. The number of carbonyl (C=O) groups is 2. The highest BCUT2D eigenvalue weighted by molar-refractivity contribution is 6.30. The lowest BCUT2D eigenvalue weighted by Crippen LogP contribution is -2.52. The van der Waals surface area contributed by atoms with Crippen molar-refractivity contribution in [3.05, 3.63) is 74.8 Å². The number of nitrogens with zero attached hydrogens (tertiary/aromatic N) is 2. The van der Waals surface area contributed by atoms with Crippen molar-refractivity contribution >= 4 is 29.1 Å². The average Bonchev–Trinajstić information content (AvgIpc) is 2.77. The predicted octanol–water partition coefficient (Wildman–Crippen LogP) is 4.41. The van der Waals surface area contributed by atoms with Gasteiger partial charge in [0.2, 0.25) is 5.91 Å². The van der Waals surface area contributed by atoms with E-state index in [2.05, 4.69) is 5.32 Å². The third-order valence-electron chi connectivity index (χ3n) is 5.71. The van der Waals surface area contributed by atoms with Gasteiger partial charge in [0, 0.05) is 24.2 Å². The van der Waals surface area contributed by atoms with E-state index in [0.29, 0.717) is 24.0 Å². The molecule has 0 aromatic heterocycles. The topological polar surface area (TPSA) is 92.5 Å². The quantitative estimate of drug-likeness (QED) is 0.528. The molecule has 31 heavy (non-hydrogen) atoms. The highest BCUT2D eigenvalue weighted by Crippen LogP contribution is 2.29. The Morgan fingerprint density at radius 1 is 1.10 bits per heavy atom. The maximum absolute atomic E-state index is 13.2. The Morgan fingerprint density at radius 2 is 1.71 bits per heavy atom. The summed E-state index contributed by atoms with van der Waals surface area (Å²) in [6.45, 7) is 4.89. The van der Waals surface area contributed by atoms with Gasteiger partial charge < -0.3 is 10.2 Å².